The number of ether oxygens (including phenoxy) is 1. The highest BCUT2D eigenvalue weighted by Crippen LogP contribution is 2.22. The average Bonchev–Trinajstić information content (AvgIpc) is 2.66. The summed E-state index contributed by atoms with van der Waals surface area (Å²) in [6, 6.07) is 8.09. The molecule has 26 heavy (non-hydrogen) atoms. The minimum Gasteiger partial charge on any atom is -0.379 e. The van der Waals surface area contributed by atoms with Crippen molar-refractivity contribution in [2.45, 2.75) is 26.3 Å². The molecule has 3 amide bonds. The highest BCUT2D eigenvalue weighted by Gasteiger charge is 2.23. The van der Waals surface area contributed by atoms with E-state index in [0.717, 1.165) is 19.5 Å². The number of aryl methyl sites for hydroxylation is 1. The number of urea groups is 1. The van der Waals surface area contributed by atoms with Crippen LogP contribution in [0.2, 0.25) is 0 Å². The van der Waals surface area contributed by atoms with Gasteiger partial charge in [-0.2, -0.15) is 0 Å². The standard InChI is InChI=1S/C19H30N4O3/c1-3-7-20-18(24)14-22-19(25)21-13-17(23-8-10-26-11-9-23)16-6-4-5-15(2)12-16/h4-6,12,17H,3,7-11,13-14H2,1-2H3,(H,20,24)(H2,21,22,25). The second kappa shape index (κ2) is 10.8. The van der Waals surface area contributed by atoms with Crippen molar-refractivity contribution < 1.29 is 14.3 Å². The molecule has 0 saturated carbocycles. The minimum absolute atomic E-state index is 0.0154. The van der Waals surface area contributed by atoms with Gasteiger partial charge in [0.1, 0.15) is 0 Å². The lowest BCUT2D eigenvalue weighted by Gasteiger charge is -2.35. The fourth-order valence-electron chi connectivity index (χ4n) is 2.96. The van der Waals surface area contributed by atoms with E-state index in [1.165, 1.54) is 11.1 Å². The van der Waals surface area contributed by atoms with Crippen LogP contribution in [0.15, 0.2) is 24.3 Å². The molecule has 0 spiro atoms. The number of rotatable bonds is 8. The summed E-state index contributed by atoms with van der Waals surface area (Å²) in [4.78, 5) is 26.0. The van der Waals surface area contributed by atoms with Gasteiger partial charge in [0.15, 0.2) is 0 Å². The van der Waals surface area contributed by atoms with Crippen molar-refractivity contribution in [3.05, 3.63) is 35.4 Å². The number of carbonyl (C=O) groups is 2. The van der Waals surface area contributed by atoms with Crippen molar-refractivity contribution in [1.82, 2.24) is 20.9 Å². The molecule has 144 valence electrons. The molecular weight excluding hydrogens is 332 g/mol. The Balaban J connectivity index is 1.90. The molecule has 0 aromatic heterocycles. The van der Waals surface area contributed by atoms with Crippen LogP contribution in [0.25, 0.3) is 0 Å². The van der Waals surface area contributed by atoms with Gasteiger partial charge in [0, 0.05) is 26.2 Å². The molecule has 0 aliphatic carbocycles. The lowest BCUT2D eigenvalue weighted by Crippen LogP contribution is -2.47. The van der Waals surface area contributed by atoms with Crippen LogP contribution in [0.3, 0.4) is 0 Å². The zero-order valence-corrected chi connectivity index (χ0v) is 15.7. The highest BCUT2D eigenvalue weighted by atomic mass is 16.5. The Bertz CT molecular complexity index is 588. The highest BCUT2D eigenvalue weighted by molar-refractivity contribution is 5.83. The van der Waals surface area contributed by atoms with E-state index in [4.69, 9.17) is 4.74 Å². The molecule has 1 aliphatic rings. The third-order valence-corrected chi connectivity index (χ3v) is 4.35. The molecule has 1 aromatic rings. The van der Waals surface area contributed by atoms with E-state index in [-0.39, 0.29) is 24.5 Å². The van der Waals surface area contributed by atoms with Crippen molar-refractivity contribution in [1.29, 1.82) is 0 Å². The van der Waals surface area contributed by atoms with Crippen LogP contribution in [0.4, 0.5) is 4.79 Å². The zero-order chi connectivity index (χ0) is 18.8. The van der Waals surface area contributed by atoms with Gasteiger partial charge in [0.25, 0.3) is 0 Å². The number of carbonyl (C=O) groups excluding carboxylic acids is 2. The Morgan fingerprint density at radius 3 is 2.65 bits per heavy atom. The molecule has 1 saturated heterocycles. The topological polar surface area (TPSA) is 82.7 Å². The van der Waals surface area contributed by atoms with Crippen LogP contribution < -0.4 is 16.0 Å². The molecule has 1 atom stereocenters. The van der Waals surface area contributed by atoms with Crippen molar-refractivity contribution in [3.8, 4) is 0 Å². The van der Waals surface area contributed by atoms with E-state index in [9.17, 15) is 9.59 Å². The van der Waals surface area contributed by atoms with Gasteiger partial charge >= 0.3 is 6.03 Å². The summed E-state index contributed by atoms with van der Waals surface area (Å²) in [5.41, 5.74) is 2.37. The van der Waals surface area contributed by atoms with Gasteiger partial charge < -0.3 is 20.7 Å². The maximum Gasteiger partial charge on any atom is 0.315 e. The number of hydrogen-bond donors (Lipinski definition) is 3. The third-order valence-electron chi connectivity index (χ3n) is 4.35. The van der Waals surface area contributed by atoms with Gasteiger partial charge in [0.05, 0.1) is 25.8 Å². The molecule has 2 rings (SSSR count). The van der Waals surface area contributed by atoms with E-state index < -0.39 is 0 Å². The molecule has 7 nitrogen and oxygen atoms in total. The van der Waals surface area contributed by atoms with Crippen molar-refractivity contribution in [2.24, 2.45) is 0 Å². The first-order chi connectivity index (χ1) is 12.6. The van der Waals surface area contributed by atoms with Crippen LogP contribution >= 0.6 is 0 Å². The monoisotopic (exact) mass is 362 g/mol. The van der Waals surface area contributed by atoms with Gasteiger partial charge in [0.2, 0.25) is 5.91 Å². The van der Waals surface area contributed by atoms with Gasteiger partial charge in [-0.25, -0.2) is 4.79 Å². The fourth-order valence-corrected chi connectivity index (χ4v) is 2.96. The number of nitrogens with one attached hydrogen (secondary N) is 3. The van der Waals surface area contributed by atoms with Crippen molar-refractivity contribution in [3.63, 3.8) is 0 Å². The van der Waals surface area contributed by atoms with Crippen molar-refractivity contribution in [2.75, 3.05) is 45.9 Å². The van der Waals surface area contributed by atoms with Gasteiger partial charge in [-0.15, -0.1) is 0 Å². The Morgan fingerprint density at radius 2 is 1.96 bits per heavy atom. The fraction of sp³-hybridized carbons (Fsp3) is 0.579. The number of nitrogens with zero attached hydrogens (tertiary/aromatic N) is 1. The molecule has 1 fully saturated rings. The van der Waals surface area contributed by atoms with Gasteiger partial charge in [-0.05, 0) is 18.9 Å². The molecule has 0 radical (unpaired) electrons. The van der Waals surface area contributed by atoms with E-state index in [0.29, 0.717) is 26.3 Å². The molecule has 1 heterocycles. The number of amides is 3. The molecule has 7 heteroatoms. The number of morpholine rings is 1. The lowest BCUT2D eigenvalue weighted by atomic mass is 10.0. The van der Waals surface area contributed by atoms with Crippen LogP contribution in [0, 0.1) is 6.92 Å². The zero-order valence-electron chi connectivity index (χ0n) is 15.7. The maximum atomic E-state index is 12.1. The number of hydrogen-bond acceptors (Lipinski definition) is 4. The Kier molecular flexibility index (Phi) is 8.37. The molecule has 1 aromatic carbocycles. The van der Waals surface area contributed by atoms with Crippen LogP contribution in [-0.2, 0) is 9.53 Å². The average molecular weight is 362 g/mol. The quantitative estimate of drug-likeness (QED) is 0.649. The summed E-state index contributed by atoms with van der Waals surface area (Å²) >= 11 is 0. The van der Waals surface area contributed by atoms with E-state index in [2.05, 4.69) is 46.0 Å². The number of benzene rings is 1. The molecule has 0 bridgehead atoms. The predicted molar refractivity (Wildman–Crippen MR) is 101 cm³/mol. The SMILES string of the molecule is CCCNC(=O)CNC(=O)NCC(c1cccc(C)c1)N1CCOCC1. The van der Waals surface area contributed by atoms with Crippen LogP contribution in [0.5, 0.6) is 0 Å². The van der Waals surface area contributed by atoms with Crippen LogP contribution in [-0.4, -0.2) is 62.8 Å². The molecule has 1 unspecified atom stereocenters. The van der Waals surface area contributed by atoms with E-state index in [1.54, 1.807) is 0 Å². The summed E-state index contributed by atoms with van der Waals surface area (Å²) in [6.07, 6.45) is 0.871. The Hall–Kier alpha value is -2.12. The van der Waals surface area contributed by atoms with E-state index in [1.807, 2.05) is 13.0 Å². The maximum absolute atomic E-state index is 12.1. The summed E-state index contributed by atoms with van der Waals surface area (Å²) in [7, 11) is 0. The second-order valence-corrected chi connectivity index (χ2v) is 6.49. The predicted octanol–water partition coefficient (Wildman–Crippen LogP) is 1.19. The summed E-state index contributed by atoms with van der Waals surface area (Å²) in [5, 5.41) is 8.24. The third kappa shape index (κ3) is 6.65. The molecular formula is C19H30N4O3. The lowest BCUT2D eigenvalue weighted by molar-refractivity contribution is -0.120. The smallest absolute Gasteiger partial charge is 0.315 e. The molecule has 1 aliphatic heterocycles. The van der Waals surface area contributed by atoms with Crippen molar-refractivity contribution >= 4 is 11.9 Å². The summed E-state index contributed by atoms with van der Waals surface area (Å²) in [5.74, 6) is -0.176. The first-order valence-corrected chi connectivity index (χ1v) is 9.27. The largest absolute Gasteiger partial charge is 0.379 e. The summed E-state index contributed by atoms with van der Waals surface area (Å²) in [6.45, 7) is 8.20. The first kappa shape index (κ1) is 20.2. The second-order valence-electron chi connectivity index (χ2n) is 6.49. The van der Waals surface area contributed by atoms with Gasteiger partial charge in [-0.3, -0.25) is 9.69 Å². The Morgan fingerprint density at radius 1 is 1.19 bits per heavy atom. The minimum atomic E-state index is -0.331. The van der Waals surface area contributed by atoms with Gasteiger partial charge in [-0.1, -0.05) is 36.8 Å². The molecule has 3 N–H and O–H groups in total. The first-order valence-electron chi connectivity index (χ1n) is 9.27. The van der Waals surface area contributed by atoms with E-state index >= 15 is 0 Å². The normalized spacial score (nSPS) is 15.9. The van der Waals surface area contributed by atoms with Crippen LogP contribution in [0.1, 0.15) is 30.5 Å². The Labute approximate surface area is 155 Å². The summed E-state index contributed by atoms with van der Waals surface area (Å²) < 4.78 is 5.45.